The molecule has 196 valence electrons. The van der Waals surface area contributed by atoms with E-state index in [0.29, 0.717) is 30.2 Å². The van der Waals surface area contributed by atoms with Crippen LogP contribution in [0.15, 0.2) is 40.9 Å². The lowest BCUT2D eigenvalue weighted by molar-refractivity contribution is 0.0147. The summed E-state index contributed by atoms with van der Waals surface area (Å²) in [7, 11) is 0. The monoisotopic (exact) mass is 529 g/mol. The maximum absolute atomic E-state index is 11.5. The molecule has 8 heteroatoms. The second-order valence-electron chi connectivity index (χ2n) is 11.1. The Bertz CT molecular complexity index is 1520. The van der Waals surface area contributed by atoms with Crippen LogP contribution in [0.5, 0.6) is 0 Å². The summed E-state index contributed by atoms with van der Waals surface area (Å²) in [5.74, 6) is 0.585. The number of carboxylic acids is 1. The zero-order chi connectivity index (χ0) is 26.0. The zero-order valence-electron chi connectivity index (χ0n) is 21.6. The molecule has 2 bridgehead atoms. The third-order valence-electron chi connectivity index (χ3n) is 8.46. The number of carboxylic acid groups (broad SMARTS) is 1. The van der Waals surface area contributed by atoms with Crippen LogP contribution >= 0.6 is 11.3 Å². The number of piperidine rings is 1. The maximum Gasteiger partial charge on any atom is 0.335 e. The molecule has 2 aliphatic heterocycles. The smallest absolute Gasteiger partial charge is 0.335 e. The normalized spacial score (nSPS) is 22.9. The Labute approximate surface area is 225 Å². The largest absolute Gasteiger partial charge is 0.478 e. The van der Waals surface area contributed by atoms with E-state index in [2.05, 4.69) is 41.2 Å². The second-order valence-corrected chi connectivity index (χ2v) is 12.1. The van der Waals surface area contributed by atoms with Crippen molar-refractivity contribution in [1.82, 2.24) is 10.1 Å². The van der Waals surface area contributed by atoms with E-state index in [1.165, 1.54) is 5.56 Å². The number of thiazole rings is 1. The van der Waals surface area contributed by atoms with Gasteiger partial charge in [-0.2, -0.15) is 0 Å². The van der Waals surface area contributed by atoms with Crippen LogP contribution in [-0.2, 0) is 11.3 Å². The Morgan fingerprint density at radius 3 is 2.58 bits per heavy atom. The Balaban J connectivity index is 1.10. The molecule has 3 fully saturated rings. The number of aromatic nitrogens is 2. The molecule has 4 heterocycles. The molecule has 7 rings (SSSR count). The molecule has 1 N–H and O–H groups in total. The lowest BCUT2D eigenvalue weighted by atomic mass is 9.99. The van der Waals surface area contributed by atoms with E-state index < -0.39 is 5.97 Å². The van der Waals surface area contributed by atoms with Crippen molar-refractivity contribution >= 4 is 32.7 Å². The molecule has 38 heavy (non-hydrogen) atoms. The quantitative estimate of drug-likeness (QED) is 0.280. The number of hydrogen-bond donors (Lipinski definition) is 1. The van der Waals surface area contributed by atoms with Gasteiger partial charge in [-0.3, -0.25) is 0 Å². The van der Waals surface area contributed by atoms with E-state index in [4.69, 9.17) is 14.2 Å². The number of carbonyl (C=O) groups is 1. The summed E-state index contributed by atoms with van der Waals surface area (Å²) >= 11 is 1.61. The van der Waals surface area contributed by atoms with Gasteiger partial charge in [0.15, 0.2) is 5.13 Å². The Morgan fingerprint density at radius 1 is 1.11 bits per heavy atom. The van der Waals surface area contributed by atoms with E-state index in [0.717, 1.165) is 82.0 Å². The number of anilines is 1. The molecule has 0 spiro atoms. The molecule has 3 aliphatic rings. The molecule has 2 aromatic carbocycles. The van der Waals surface area contributed by atoms with E-state index in [-0.39, 0.29) is 6.10 Å². The molecule has 2 aromatic heterocycles. The van der Waals surface area contributed by atoms with Crippen LogP contribution in [0.4, 0.5) is 5.13 Å². The number of benzene rings is 2. The average Bonchev–Trinajstić information content (AvgIpc) is 3.41. The van der Waals surface area contributed by atoms with Gasteiger partial charge in [0.05, 0.1) is 28.5 Å². The Kier molecular flexibility index (Phi) is 5.78. The van der Waals surface area contributed by atoms with Crippen molar-refractivity contribution in [3.63, 3.8) is 0 Å². The van der Waals surface area contributed by atoms with Crippen molar-refractivity contribution in [3.8, 4) is 11.3 Å². The molecule has 2 saturated heterocycles. The van der Waals surface area contributed by atoms with Gasteiger partial charge in [0.25, 0.3) is 0 Å². The lowest BCUT2D eigenvalue weighted by Gasteiger charge is -2.38. The Hall–Kier alpha value is -3.23. The number of nitrogens with zero attached hydrogens (tertiary/aromatic N) is 3. The molecule has 4 aromatic rings. The van der Waals surface area contributed by atoms with E-state index in [9.17, 15) is 9.90 Å². The number of ether oxygens (including phenoxy) is 1. The van der Waals surface area contributed by atoms with Gasteiger partial charge >= 0.3 is 5.97 Å². The molecule has 0 amide bonds. The summed E-state index contributed by atoms with van der Waals surface area (Å²) in [4.78, 5) is 19.0. The topological polar surface area (TPSA) is 88.7 Å². The van der Waals surface area contributed by atoms with Gasteiger partial charge in [-0.1, -0.05) is 40.8 Å². The predicted molar refractivity (Wildman–Crippen MR) is 147 cm³/mol. The van der Waals surface area contributed by atoms with Gasteiger partial charge in [-0.25, -0.2) is 9.78 Å². The average molecular weight is 530 g/mol. The van der Waals surface area contributed by atoms with E-state index >= 15 is 0 Å². The van der Waals surface area contributed by atoms with Crippen LogP contribution in [0.25, 0.3) is 21.5 Å². The SMILES string of the molecule is Cc1ccccc1-c1noc(C2CC2)c1COC1C[C@H]2CC[C@@H](C1)N2c1nc2c(C)cc(C(=O)O)cc2s1. The fourth-order valence-corrected chi connectivity index (χ4v) is 7.60. The molecule has 1 saturated carbocycles. The molecule has 3 atom stereocenters. The van der Waals surface area contributed by atoms with Crippen molar-refractivity contribution in [3.05, 3.63) is 64.4 Å². The van der Waals surface area contributed by atoms with Gasteiger partial charge in [0, 0.05) is 29.1 Å². The summed E-state index contributed by atoms with van der Waals surface area (Å²) in [5, 5.41) is 15.0. The summed E-state index contributed by atoms with van der Waals surface area (Å²) < 4.78 is 13.4. The van der Waals surface area contributed by atoms with E-state index in [1.54, 1.807) is 23.5 Å². The number of hydrogen-bond acceptors (Lipinski definition) is 7. The van der Waals surface area contributed by atoms with Crippen LogP contribution in [0.1, 0.15) is 77.3 Å². The molecular weight excluding hydrogens is 498 g/mol. The summed E-state index contributed by atoms with van der Waals surface area (Å²) in [6.07, 6.45) is 6.71. The zero-order valence-corrected chi connectivity index (χ0v) is 22.5. The van der Waals surface area contributed by atoms with Crippen LogP contribution in [0.3, 0.4) is 0 Å². The Morgan fingerprint density at radius 2 is 1.87 bits per heavy atom. The first kappa shape index (κ1) is 23.9. The van der Waals surface area contributed by atoms with Gasteiger partial charge in [0.2, 0.25) is 0 Å². The fourth-order valence-electron chi connectivity index (χ4n) is 6.37. The lowest BCUT2D eigenvalue weighted by Crippen LogP contribution is -2.45. The first-order valence-corrected chi connectivity index (χ1v) is 14.4. The minimum absolute atomic E-state index is 0.185. The molecule has 1 aliphatic carbocycles. The van der Waals surface area contributed by atoms with Gasteiger partial charge < -0.3 is 19.3 Å². The van der Waals surface area contributed by atoms with Crippen LogP contribution in [0, 0.1) is 13.8 Å². The summed E-state index contributed by atoms with van der Waals surface area (Å²) in [5.41, 5.74) is 6.51. The minimum atomic E-state index is -0.897. The van der Waals surface area contributed by atoms with Crippen LogP contribution in [-0.4, -0.2) is 39.4 Å². The third-order valence-corrected chi connectivity index (χ3v) is 9.48. The highest BCUT2D eigenvalue weighted by Gasteiger charge is 2.43. The van der Waals surface area contributed by atoms with Crippen LogP contribution in [0.2, 0.25) is 0 Å². The third kappa shape index (κ3) is 4.10. The van der Waals surface area contributed by atoms with Crippen LogP contribution < -0.4 is 4.90 Å². The van der Waals surface area contributed by atoms with E-state index in [1.807, 2.05) is 6.92 Å². The van der Waals surface area contributed by atoms with Gasteiger partial charge in [-0.05, 0) is 75.6 Å². The molecular formula is C30H31N3O4S. The highest BCUT2D eigenvalue weighted by Crippen LogP contribution is 2.46. The predicted octanol–water partition coefficient (Wildman–Crippen LogP) is 6.86. The van der Waals surface area contributed by atoms with Crippen molar-refractivity contribution in [2.24, 2.45) is 0 Å². The van der Waals surface area contributed by atoms with Crippen molar-refractivity contribution in [2.45, 2.75) is 83.1 Å². The van der Waals surface area contributed by atoms with Crippen molar-refractivity contribution in [2.75, 3.05) is 4.90 Å². The van der Waals surface area contributed by atoms with Gasteiger partial charge in [-0.15, -0.1) is 0 Å². The minimum Gasteiger partial charge on any atom is -0.478 e. The molecule has 7 nitrogen and oxygen atoms in total. The molecule has 0 radical (unpaired) electrons. The highest BCUT2D eigenvalue weighted by molar-refractivity contribution is 7.22. The standard InChI is InChI=1S/C30H31N3O4S/c1-16-5-3-4-6-23(16)27-24(28(37-32-27)18-7-8-18)15-36-22-13-20-9-10-21(14-22)33(20)30-31-26-17(2)11-19(29(34)35)12-25(26)38-30/h3-6,11-12,18,20-22H,7-10,13-15H2,1-2H3,(H,34,35)/t20-,21+,22?. The van der Waals surface area contributed by atoms with Crippen molar-refractivity contribution in [1.29, 1.82) is 0 Å². The number of aromatic carboxylic acids is 1. The first-order valence-electron chi connectivity index (χ1n) is 13.5. The molecule has 1 unspecified atom stereocenters. The fraction of sp³-hybridized carbons (Fsp3) is 0.433. The first-order chi connectivity index (χ1) is 18.5. The highest BCUT2D eigenvalue weighted by atomic mass is 32.1. The number of aryl methyl sites for hydroxylation is 2. The van der Waals surface area contributed by atoms with Crippen molar-refractivity contribution < 1.29 is 19.2 Å². The summed E-state index contributed by atoms with van der Waals surface area (Å²) in [6.45, 7) is 4.59. The number of fused-ring (bicyclic) bond motifs is 3. The number of rotatable bonds is 7. The second kappa shape index (κ2) is 9.20. The summed E-state index contributed by atoms with van der Waals surface area (Å²) in [6, 6.07) is 12.6. The van der Waals surface area contributed by atoms with Gasteiger partial charge in [0.1, 0.15) is 11.5 Å². The maximum atomic E-state index is 11.5.